The van der Waals surface area contributed by atoms with Gasteiger partial charge < -0.3 is 24.1 Å². The monoisotopic (exact) mass is 566 g/mol. The van der Waals surface area contributed by atoms with Gasteiger partial charge in [-0.05, 0) is 43.7 Å². The summed E-state index contributed by atoms with van der Waals surface area (Å²) >= 11 is 0. The number of carbonyl (C=O) groups is 1. The van der Waals surface area contributed by atoms with Gasteiger partial charge in [-0.25, -0.2) is 14.4 Å². The number of aromatic nitrogens is 2. The minimum atomic E-state index is -0.311. The number of amides is 1. The van der Waals surface area contributed by atoms with Crippen molar-refractivity contribution in [1.29, 1.82) is 0 Å². The van der Waals surface area contributed by atoms with Gasteiger partial charge in [-0.2, -0.15) is 0 Å². The molecule has 4 rings (SSSR count). The molecule has 1 N–H and O–H groups in total. The smallest absolute Gasteiger partial charge is 0.289 e. The van der Waals surface area contributed by atoms with E-state index >= 15 is 0 Å². The Morgan fingerprint density at radius 1 is 1.21 bits per heavy atom. The van der Waals surface area contributed by atoms with Crippen molar-refractivity contribution in [1.82, 2.24) is 24.7 Å². The van der Waals surface area contributed by atoms with Crippen molar-refractivity contribution in [3.8, 4) is 5.69 Å². The Hall–Kier alpha value is -2.89. The number of aryl methyl sites for hydroxylation is 1. The van der Waals surface area contributed by atoms with Crippen LogP contribution in [0.3, 0.4) is 0 Å². The predicted molar refractivity (Wildman–Crippen MR) is 135 cm³/mol. The molecule has 2 aromatic heterocycles. The lowest BCUT2D eigenvalue weighted by Crippen LogP contribution is -2.53. The summed E-state index contributed by atoms with van der Waals surface area (Å²) in [7, 11) is 0. The van der Waals surface area contributed by atoms with E-state index in [-0.39, 0.29) is 35.7 Å². The van der Waals surface area contributed by atoms with Crippen molar-refractivity contribution in [2.45, 2.75) is 20.4 Å². The minimum Gasteiger partial charge on any atom is -0.459 e. The Kier molecular flexibility index (Phi) is 8.48. The molecule has 0 radical (unpaired) electrons. The molecule has 10 heteroatoms. The van der Waals surface area contributed by atoms with Crippen molar-refractivity contribution < 1.29 is 13.6 Å². The third-order valence-electron chi connectivity index (χ3n) is 5.44. The lowest BCUT2D eigenvalue weighted by atomic mass is 10.2. The third kappa shape index (κ3) is 5.73. The maximum Gasteiger partial charge on any atom is 0.289 e. The van der Waals surface area contributed by atoms with E-state index in [4.69, 9.17) is 9.41 Å². The molecule has 0 spiro atoms. The summed E-state index contributed by atoms with van der Waals surface area (Å²) in [5.74, 6) is 1.44. The van der Waals surface area contributed by atoms with Gasteiger partial charge >= 0.3 is 0 Å². The van der Waals surface area contributed by atoms with Crippen LogP contribution in [0.5, 0.6) is 0 Å². The van der Waals surface area contributed by atoms with Crippen LogP contribution < -0.4 is 5.32 Å². The number of aliphatic imine (C=N–C) groups is 1. The summed E-state index contributed by atoms with van der Waals surface area (Å²) in [6, 6.07) is 8.54. The number of guanidine groups is 1. The van der Waals surface area contributed by atoms with E-state index in [2.05, 4.69) is 15.2 Å². The molecule has 1 aliphatic heterocycles. The highest BCUT2D eigenvalue weighted by molar-refractivity contribution is 14.0. The van der Waals surface area contributed by atoms with Crippen molar-refractivity contribution in [3.05, 3.63) is 72.0 Å². The molecular formula is C23H28FIN6O2. The summed E-state index contributed by atoms with van der Waals surface area (Å²) < 4.78 is 21.6. The molecule has 1 aliphatic rings. The first-order chi connectivity index (χ1) is 15.6. The van der Waals surface area contributed by atoms with Crippen molar-refractivity contribution >= 4 is 35.8 Å². The SMILES string of the molecule is CCNC(=NCc1ccc(-n2ccnc2C)c(F)c1)N1CCN(C(=O)c2ccco2)CC1.I. The van der Waals surface area contributed by atoms with Gasteiger partial charge in [-0.1, -0.05) is 6.07 Å². The standard InChI is InChI=1S/C23H27FN6O2.HI/c1-3-25-23(29-12-10-28(11-13-29)22(31)21-5-4-14-32-21)27-16-18-6-7-20(19(24)15-18)30-9-8-26-17(30)2;/h4-9,14-15H,3,10-13,16H2,1-2H3,(H,25,27);1H. The van der Waals surface area contributed by atoms with Crippen LogP contribution >= 0.6 is 24.0 Å². The fraction of sp³-hybridized carbons (Fsp3) is 0.348. The molecule has 0 aliphatic carbocycles. The number of imidazole rings is 1. The molecule has 8 nitrogen and oxygen atoms in total. The number of hydrogen-bond donors (Lipinski definition) is 1. The third-order valence-corrected chi connectivity index (χ3v) is 5.44. The van der Waals surface area contributed by atoms with E-state index in [9.17, 15) is 9.18 Å². The fourth-order valence-electron chi connectivity index (χ4n) is 3.75. The molecule has 1 fully saturated rings. The quantitative estimate of drug-likeness (QED) is 0.291. The van der Waals surface area contributed by atoms with Crippen LogP contribution in [0.15, 0.2) is 58.4 Å². The van der Waals surface area contributed by atoms with E-state index in [1.165, 1.54) is 12.3 Å². The Labute approximate surface area is 209 Å². The second kappa shape index (κ2) is 11.3. The Morgan fingerprint density at radius 2 is 1.97 bits per heavy atom. The lowest BCUT2D eigenvalue weighted by Gasteiger charge is -2.36. The molecule has 0 saturated carbocycles. The second-order valence-electron chi connectivity index (χ2n) is 7.56. The molecule has 1 amide bonds. The summed E-state index contributed by atoms with van der Waals surface area (Å²) in [6.45, 7) is 7.40. The van der Waals surface area contributed by atoms with E-state index in [0.717, 1.165) is 23.9 Å². The Morgan fingerprint density at radius 3 is 2.58 bits per heavy atom. The second-order valence-corrected chi connectivity index (χ2v) is 7.56. The number of halogens is 2. The topological polar surface area (TPSA) is 78.9 Å². The van der Waals surface area contributed by atoms with E-state index in [1.54, 1.807) is 40.1 Å². The normalized spacial score (nSPS) is 14.2. The first-order valence-corrected chi connectivity index (χ1v) is 10.7. The van der Waals surface area contributed by atoms with Gasteiger partial charge in [-0.3, -0.25) is 4.79 Å². The fourth-order valence-corrected chi connectivity index (χ4v) is 3.75. The zero-order valence-corrected chi connectivity index (χ0v) is 21.0. The number of benzene rings is 1. The number of nitrogens with zero attached hydrogens (tertiary/aromatic N) is 5. The largest absolute Gasteiger partial charge is 0.459 e. The average Bonchev–Trinajstić information content (AvgIpc) is 3.49. The Bertz CT molecular complexity index is 1090. The molecule has 1 saturated heterocycles. The highest BCUT2D eigenvalue weighted by atomic mass is 127. The van der Waals surface area contributed by atoms with Gasteiger partial charge in [-0.15, -0.1) is 24.0 Å². The molecule has 0 bridgehead atoms. The molecule has 0 unspecified atom stereocenters. The average molecular weight is 566 g/mol. The number of carbonyl (C=O) groups excluding carboxylic acids is 1. The van der Waals surface area contributed by atoms with Crippen LogP contribution in [0.4, 0.5) is 4.39 Å². The summed E-state index contributed by atoms with van der Waals surface area (Å²) in [6.07, 6.45) is 4.90. The van der Waals surface area contributed by atoms with Gasteiger partial charge in [0.05, 0.1) is 18.5 Å². The minimum absolute atomic E-state index is 0. The van der Waals surface area contributed by atoms with Crippen LogP contribution in [0.1, 0.15) is 28.9 Å². The van der Waals surface area contributed by atoms with Gasteiger partial charge in [0.15, 0.2) is 11.7 Å². The number of rotatable bonds is 5. The summed E-state index contributed by atoms with van der Waals surface area (Å²) in [5, 5.41) is 3.30. The summed E-state index contributed by atoms with van der Waals surface area (Å²) in [4.78, 5) is 25.2. The lowest BCUT2D eigenvalue weighted by molar-refractivity contribution is 0.0657. The van der Waals surface area contributed by atoms with E-state index in [0.29, 0.717) is 44.2 Å². The molecule has 3 aromatic rings. The maximum atomic E-state index is 14.7. The molecular weight excluding hydrogens is 538 g/mol. The van der Waals surface area contributed by atoms with Crippen LogP contribution in [0.25, 0.3) is 5.69 Å². The number of nitrogens with one attached hydrogen (secondary N) is 1. The van der Waals surface area contributed by atoms with Crippen molar-refractivity contribution in [2.24, 2.45) is 4.99 Å². The molecule has 1 aromatic carbocycles. The predicted octanol–water partition coefficient (Wildman–Crippen LogP) is 3.45. The van der Waals surface area contributed by atoms with Gasteiger partial charge in [0.25, 0.3) is 5.91 Å². The molecule has 176 valence electrons. The van der Waals surface area contributed by atoms with Gasteiger partial charge in [0.2, 0.25) is 0 Å². The van der Waals surface area contributed by atoms with Crippen LogP contribution in [0, 0.1) is 12.7 Å². The molecule has 3 heterocycles. The van der Waals surface area contributed by atoms with Gasteiger partial charge in [0, 0.05) is 45.1 Å². The van der Waals surface area contributed by atoms with E-state index in [1.807, 2.05) is 19.9 Å². The van der Waals surface area contributed by atoms with E-state index < -0.39 is 0 Å². The van der Waals surface area contributed by atoms with Crippen molar-refractivity contribution in [3.63, 3.8) is 0 Å². The number of hydrogen-bond acceptors (Lipinski definition) is 4. The number of piperazine rings is 1. The highest BCUT2D eigenvalue weighted by Gasteiger charge is 2.25. The highest BCUT2D eigenvalue weighted by Crippen LogP contribution is 2.17. The zero-order chi connectivity index (χ0) is 22.5. The van der Waals surface area contributed by atoms with Crippen LogP contribution in [-0.2, 0) is 6.54 Å². The zero-order valence-electron chi connectivity index (χ0n) is 18.7. The first-order valence-electron chi connectivity index (χ1n) is 10.7. The van der Waals surface area contributed by atoms with Gasteiger partial charge in [0.1, 0.15) is 11.6 Å². The van der Waals surface area contributed by atoms with Crippen LogP contribution in [-0.4, -0.2) is 63.9 Å². The first kappa shape index (κ1) is 24.7. The number of furan rings is 1. The van der Waals surface area contributed by atoms with Crippen LogP contribution in [0.2, 0.25) is 0 Å². The Balaban J connectivity index is 0.00000306. The molecule has 33 heavy (non-hydrogen) atoms. The van der Waals surface area contributed by atoms with Crippen molar-refractivity contribution in [2.75, 3.05) is 32.7 Å². The maximum absolute atomic E-state index is 14.7. The molecule has 0 atom stereocenters. The summed E-state index contributed by atoms with van der Waals surface area (Å²) in [5.41, 5.74) is 1.25.